The van der Waals surface area contributed by atoms with E-state index in [4.69, 9.17) is 0 Å². The first-order valence-electron chi connectivity index (χ1n) is 13.8. The number of H-pyrrole nitrogens is 1. The quantitative estimate of drug-likeness (QED) is 0.180. The Morgan fingerprint density at radius 3 is 2.29 bits per heavy atom. The van der Waals surface area contributed by atoms with Gasteiger partial charge in [-0.2, -0.15) is 0 Å². The monoisotopic (exact) mass is 555 g/mol. The van der Waals surface area contributed by atoms with Gasteiger partial charge in [-0.3, -0.25) is 19.7 Å². The van der Waals surface area contributed by atoms with Crippen LogP contribution in [0, 0.1) is 10.1 Å². The van der Waals surface area contributed by atoms with E-state index in [1.54, 1.807) is 4.90 Å². The van der Waals surface area contributed by atoms with Crippen LogP contribution in [-0.2, 0) is 17.8 Å². The Morgan fingerprint density at radius 2 is 1.66 bits per heavy atom. The van der Waals surface area contributed by atoms with Crippen molar-refractivity contribution in [3.05, 3.63) is 106 Å². The van der Waals surface area contributed by atoms with E-state index >= 15 is 0 Å². The van der Waals surface area contributed by atoms with Crippen LogP contribution in [0.1, 0.15) is 41.8 Å². The molecule has 0 fully saturated rings. The molecule has 41 heavy (non-hydrogen) atoms. The van der Waals surface area contributed by atoms with Gasteiger partial charge in [0.15, 0.2) is 0 Å². The van der Waals surface area contributed by atoms with Gasteiger partial charge in [0, 0.05) is 73.7 Å². The van der Waals surface area contributed by atoms with Gasteiger partial charge in [0.05, 0.1) is 4.92 Å². The molecular weight excluding hydrogens is 518 g/mol. The number of nitro groups is 1. The summed E-state index contributed by atoms with van der Waals surface area (Å²) >= 11 is 0. The molecular formula is C32H37N5O4. The van der Waals surface area contributed by atoms with Crippen LogP contribution < -0.4 is 4.90 Å². The average molecular weight is 556 g/mol. The number of benzene rings is 3. The summed E-state index contributed by atoms with van der Waals surface area (Å²) in [6, 6.07) is 21.5. The van der Waals surface area contributed by atoms with Crippen LogP contribution in [0.5, 0.6) is 0 Å². The van der Waals surface area contributed by atoms with Crippen LogP contribution in [0.3, 0.4) is 0 Å². The number of non-ortho nitro benzene ring substituents is 1. The molecule has 0 saturated carbocycles. The molecule has 214 valence electrons. The zero-order valence-corrected chi connectivity index (χ0v) is 24.0. The maximum absolute atomic E-state index is 13.9. The van der Waals surface area contributed by atoms with E-state index in [0.29, 0.717) is 31.5 Å². The number of amides is 2. The number of hydrogen-bond donors (Lipinski definition) is 1. The molecule has 1 atom stereocenters. The Balaban J connectivity index is 1.57. The van der Waals surface area contributed by atoms with Crippen molar-refractivity contribution in [1.82, 2.24) is 14.8 Å². The molecule has 1 unspecified atom stereocenters. The van der Waals surface area contributed by atoms with E-state index in [9.17, 15) is 19.7 Å². The van der Waals surface area contributed by atoms with Crippen LogP contribution in [0.15, 0.2) is 79.0 Å². The molecule has 9 nitrogen and oxygen atoms in total. The molecule has 4 rings (SSSR count). The Hall–Kier alpha value is -4.66. The standard InChI is InChI=1S/C32H37N5O4/c1-5-23(2)36(32(39)25-12-16-28(17-13-25)37(40)41)22-31(38)35(21-24-10-14-27(15-11-24)34(3)4)19-18-26-20-33-30-9-7-6-8-29(26)30/h6-17,20,23,33H,5,18-19,21-22H2,1-4H3. The van der Waals surface area contributed by atoms with Crippen molar-refractivity contribution in [3.8, 4) is 0 Å². The molecule has 0 radical (unpaired) electrons. The lowest BCUT2D eigenvalue weighted by Gasteiger charge is -2.31. The fraction of sp³-hybridized carbons (Fsp3) is 0.312. The number of aromatic amines is 1. The topological polar surface area (TPSA) is 103 Å². The summed E-state index contributed by atoms with van der Waals surface area (Å²) in [5, 5.41) is 12.2. The molecule has 1 N–H and O–H groups in total. The minimum absolute atomic E-state index is 0.0866. The second-order valence-electron chi connectivity index (χ2n) is 10.5. The molecule has 0 saturated heterocycles. The van der Waals surface area contributed by atoms with Crippen molar-refractivity contribution in [2.75, 3.05) is 32.1 Å². The van der Waals surface area contributed by atoms with E-state index in [0.717, 1.165) is 27.7 Å². The number of nitro benzene ring substituents is 1. The molecule has 1 aromatic heterocycles. The largest absolute Gasteiger partial charge is 0.378 e. The number of aromatic nitrogens is 1. The van der Waals surface area contributed by atoms with Gasteiger partial charge in [0.1, 0.15) is 6.54 Å². The van der Waals surface area contributed by atoms with Gasteiger partial charge in [-0.15, -0.1) is 0 Å². The van der Waals surface area contributed by atoms with Gasteiger partial charge in [0.25, 0.3) is 11.6 Å². The lowest BCUT2D eigenvalue weighted by Crippen LogP contribution is -2.46. The maximum atomic E-state index is 13.9. The first-order chi connectivity index (χ1) is 19.7. The van der Waals surface area contributed by atoms with Crippen molar-refractivity contribution in [1.29, 1.82) is 0 Å². The number of carbonyl (C=O) groups is 2. The second-order valence-corrected chi connectivity index (χ2v) is 10.5. The molecule has 4 aromatic rings. The minimum Gasteiger partial charge on any atom is -0.378 e. The molecule has 0 spiro atoms. The van der Waals surface area contributed by atoms with Gasteiger partial charge in [-0.1, -0.05) is 37.3 Å². The average Bonchev–Trinajstić information content (AvgIpc) is 3.40. The number of hydrogen-bond acceptors (Lipinski definition) is 5. The number of para-hydroxylation sites is 1. The highest BCUT2D eigenvalue weighted by Crippen LogP contribution is 2.21. The number of nitrogens with one attached hydrogen (secondary N) is 1. The van der Waals surface area contributed by atoms with Gasteiger partial charge in [-0.25, -0.2) is 0 Å². The van der Waals surface area contributed by atoms with Crippen molar-refractivity contribution in [2.24, 2.45) is 0 Å². The lowest BCUT2D eigenvalue weighted by atomic mass is 10.1. The van der Waals surface area contributed by atoms with E-state index in [1.165, 1.54) is 24.3 Å². The fourth-order valence-corrected chi connectivity index (χ4v) is 4.79. The smallest absolute Gasteiger partial charge is 0.269 e. The molecule has 0 aliphatic carbocycles. The maximum Gasteiger partial charge on any atom is 0.269 e. The van der Waals surface area contributed by atoms with Crippen molar-refractivity contribution in [2.45, 2.75) is 39.3 Å². The van der Waals surface area contributed by atoms with Crippen LogP contribution in [0.25, 0.3) is 10.9 Å². The van der Waals surface area contributed by atoms with Crippen molar-refractivity contribution in [3.63, 3.8) is 0 Å². The van der Waals surface area contributed by atoms with E-state index in [1.807, 2.05) is 86.4 Å². The molecule has 0 aliphatic rings. The third kappa shape index (κ3) is 7.11. The van der Waals surface area contributed by atoms with Gasteiger partial charge >= 0.3 is 0 Å². The Bertz CT molecular complexity index is 1490. The molecule has 9 heteroatoms. The Morgan fingerprint density at radius 1 is 0.976 bits per heavy atom. The number of nitrogens with zero attached hydrogens (tertiary/aromatic N) is 4. The molecule has 1 heterocycles. The summed E-state index contributed by atoms with van der Waals surface area (Å²) in [6.07, 6.45) is 3.31. The van der Waals surface area contributed by atoms with Gasteiger partial charge < -0.3 is 19.7 Å². The van der Waals surface area contributed by atoms with Gasteiger partial charge in [0.2, 0.25) is 5.91 Å². The predicted molar refractivity (Wildman–Crippen MR) is 162 cm³/mol. The highest BCUT2D eigenvalue weighted by Gasteiger charge is 2.26. The van der Waals surface area contributed by atoms with E-state index in [2.05, 4.69) is 11.1 Å². The first kappa shape index (κ1) is 29.3. The van der Waals surface area contributed by atoms with Gasteiger partial charge in [-0.05, 0) is 61.2 Å². The van der Waals surface area contributed by atoms with Crippen LogP contribution in [0.2, 0.25) is 0 Å². The van der Waals surface area contributed by atoms with Crippen LogP contribution in [0.4, 0.5) is 11.4 Å². The predicted octanol–water partition coefficient (Wildman–Crippen LogP) is 5.65. The summed E-state index contributed by atoms with van der Waals surface area (Å²) < 4.78 is 0. The first-order valence-corrected chi connectivity index (χ1v) is 13.8. The van der Waals surface area contributed by atoms with Crippen LogP contribution >= 0.6 is 0 Å². The highest BCUT2D eigenvalue weighted by molar-refractivity contribution is 5.97. The minimum atomic E-state index is -0.499. The number of fused-ring (bicyclic) bond motifs is 1. The highest BCUT2D eigenvalue weighted by atomic mass is 16.6. The third-order valence-corrected chi connectivity index (χ3v) is 7.52. The molecule has 0 aliphatic heterocycles. The van der Waals surface area contributed by atoms with Crippen LogP contribution in [-0.4, -0.2) is 64.7 Å². The summed E-state index contributed by atoms with van der Waals surface area (Å²) in [5.41, 5.74) is 4.48. The Labute approximate surface area is 240 Å². The summed E-state index contributed by atoms with van der Waals surface area (Å²) in [6.45, 7) is 4.68. The second kappa shape index (κ2) is 13.1. The normalized spacial score (nSPS) is 11.7. The number of carbonyl (C=O) groups excluding carboxylic acids is 2. The molecule has 0 bridgehead atoms. The molecule has 2 amide bonds. The Kier molecular flexibility index (Phi) is 9.39. The zero-order chi connectivity index (χ0) is 29.5. The third-order valence-electron chi connectivity index (χ3n) is 7.52. The number of rotatable bonds is 12. The summed E-state index contributed by atoms with van der Waals surface area (Å²) in [4.78, 5) is 46.7. The van der Waals surface area contributed by atoms with E-state index in [-0.39, 0.29) is 30.1 Å². The molecule has 3 aromatic carbocycles. The van der Waals surface area contributed by atoms with Crippen molar-refractivity contribution >= 4 is 34.1 Å². The summed E-state index contributed by atoms with van der Waals surface area (Å²) in [5.74, 6) is -0.480. The van der Waals surface area contributed by atoms with E-state index < -0.39 is 4.92 Å². The zero-order valence-electron chi connectivity index (χ0n) is 24.0. The SMILES string of the molecule is CCC(C)N(CC(=O)N(CCc1c[nH]c2ccccc12)Cc1ccc(N(C)C)cc1)C(=O)c1ccc([N+](=O)[O-])cc1. The number of anilines is 1. The fourth-order valence-electron chi connectivity index (χ4n) is 4.79. The lowest BCUT2D eigenvalue weighted by molar-refractivity contribution is -0.384. The van der Waals surface area contributed by atoms with Crippen molar-refractivity contribution < 1.29 is 14.5 Å². The summed E-state index contributed by atoms with van der Waals surface area (Å²) in [7, 11) is 3.97.